The second-order valence-electron chi connectivity index (χ2n) is 8.30. The van der Waals surface area contributed by atoms with Gasteiger partial charge in [-0.05, 0) is 36.8 Å². The van der Waals surface area contributed by atoms with Crippen molar-refractivity contribution in [3.05, 3.63) is 58.4 Å². The van der Waals surface area contributed by atoms with Crippen LogP contribution in [0.3, 0.4) is 0 Å². The fourth-order valence-corrected chi connectivity index (χ4v) is 3.83. The number of nitrogens with one attached hydrogen (secondary N) is 3. The van der Waals surface area contributed by atoms with Gasteiger partial charge in [0.25, 0.3) is 5.91 Å². The standard InChI is InChI=1S/C22H27N3O3/c1-13-19-16(10-22(3,4)11-17(19)26)25-20(13)21(28)23-12-18(27)24-14(2)15-8-6-5-7-9-15/h5-9,14,25H,10-12H2,1-4H3,(H,23,28)(H,24,27). The third-order valence-electron chi connectivity index (χ3n) is 5.21. The molecule has 2 amide bonds. The Morgan fingerprint density at radius 1 is 1.18 bits per heavy atom. The maximum atomic E-state index is 12.6. The molecule has 28 heavy (non-hydrogen) atoms. The predicted octanol–water partition coefficient (Wildman–Crippen LogP) is 3.09. The second kappa shape index (κ2) is 7.62. The van der Waals surface area contributed by atoms with Crippen molar-refractivity contribution in [2.75, 3.05) is 6.54 Å². The van der Waals surface area contributed by atoms with Crippen molar-refractivity contribution in [2.24, 2.45) is 5.41 Å². The van der Waals surface area contributed by atoms with Crippen molar-refractivity contribution >= 4 is 17.6 Å². The lowest BCUT2D eigenvalue weighted by molar-refractivity contribution is -0.120. The van der Waals surface area contributed by atoms with Crippen molar-refractivity contribution in [2.45, 2.75) is 46.6 Å². The number of fused-ring (bicyclic) bond motifs is 1. The number of ketones is 1. The number of benzene rings is 1. The molecule has 1 atom stereocenters. The summed E-state index contributed by atoms with van der Waals surface area (Å²) in [6, 6.07) is 9.48. The maximum Gasteiger partial charge on any atom is 0.268 e. The van der Waals surface area contributed by atoms with Crippen LogP contribution < -0.4 is 10.6 Å². The van der Waals surface area contributed by atoms with Crippen molar-refractivity contribution in [3.8, 4) is 0 Å². The molecule has 0 saturated carbocycles. The lowest BCUT2D eigenvalue weighted by Crippen LogP contribution is -2.38. The molecule has 1 aromatic carbocycles. The molecule has 3 N–H and O–H groups in total. The number of amides is 2. The van der Waals surface area contributed by atoms with Gasteiger partial charge in [-0.3, -0.25) is 14.4 Å². The Labute approximate surface area is 165 Å². The van der Waals surface area contributed by atoms with Crippen LogP contribution in [-0.4, -0.2) is 29.1 Å². The summed E-state index contributed by atoms with van der Waals surface area (Å²) in [5.74, 6) is -0.579. The fraction of sp³-hybridized carbons (Fsp3) is 0.409. The van der Waals surface area contributed by atoms with E-state index in [4.69, 9.17) is 0 Å². The SMILES string of the molecule is Cc1c(C(=O)NCC(=O)NC(C)c2ccccc2)[nH]c2c1C(=O)CC(C)(C)C2. The summed E-state index contributed by atoms with van der Waals surface area (Å²) in [4.78, 5) is 40.3. The number of hydrogen-bond acceptors (Lipinski definition) is 3. The second-order valence-corrected chi connectivity index (χ2v) is 8.30. The van der Waals surface area contributed by atoms with Gasteiger partial charge in [0, 0.05) is 17.7 Å². The number of H-pyrrole nitrogens is 1. The molecule has 1 aliphatic carbocycles. The van der Waals surface area contributed by atoms with E-state index in [9.17, 15) is 14.4 Å². The lowest BCUT2D eigenvalue weighted by atomic mass is 9.75. The van der Waals surface area contributed by atoms with Gasteiger partial charge in [0.05, 0.1) is 12.6 Å². The summed E-state index contributed by atoms with van der Waals surface area (Å²) in [6.07, 6.45) is 1.19. The van der Waals surface area contributed by atoms with Gasteiger partial charge in [-0.1, -0.05) is 44.2 Å². The molecular formula is C22H27N3O3. The Morgan fingerprint density at radius 3 is 2.54 bits per heavy atom. The van der Waals surface area contributed by atoms with E-state index in [2.05, 4.69) is 15.6 Å². The largest absolute Gasteiger partial charge is 0.354 e. The number of aromatic nitrogens is 1. The zero-order chi connectivity index (χ0) is 20.5. The molecule has 0 radical (unpaired) electrons. The number of Topliss-reactive ketones (excluding diaryl/α,β-unsaturated/α-hetero) is 1. The topological polar surface area (TPSA) is 91.1 Å². The third kappa shape index (κ3) is 4.16. The smallest absolute Gasteiger partial charge is 0.268 e. The normalized spacial score (nSPS) is 16.2. The zero-order valence-corrected chi connectivity index (χ0v) is 16.8. The highest BCUT2D eigenvalue weighted by atomic mass is 16.2. The number of aromatic amines is 1. The Kier molecular flexibility index (Phi) is 5.40. The van der Waals surface area contributed by atoms with E-state index in [0.29, 0.717) is 23.2 Å². The highest BCUT2D eigenvalue weighted by molar-refractivity contribution is 6.05. The van der Waals surface area contributed by atoms with E-state index in [0.717, 1.165) is 17.7 Å². The molecular weight excluding hydrogens is 354 g/mol. The first-order chi connectivity index (χ1) is 13.2. The van der Waals surface area contributed by atoms with E-state index in [1.165, 1.54) is 0 Å². The van der Waals surface area contributed by atoms with Gasteiger partial charge in [0.1, 0.15) is 5.69 Å². The molecule has 1 aliphatic rings. The molecule has 0 aliphatic heterocycles. The minimum atomic E-state index is -0.375. The van der Waals surface area contributed by atoms with Gasteiger partial charge >= 0.3 is 0 Å². The molecule has 2 aromatic rings. The van der Waals surface area contributed by atoms with Gasteiger partial charge < -0.3 is 15.6 Å². The predicted molar refractivity (Wildman–Crippen MR) is 107 cm³/mol. The monoisotopic (exact) mass is 381 g/mol. The Morgan fingerprint density at radius 2 is 1.86 bits per heavy atom. The van der Waals surface area contributed by atoms with Gasteiger partial charge in [0.15, 0.2) is 5.78 Å². The molecule has 0 saturated heterocycles. The number of carbonyl (C=O) groups is 3. The van der Waals surface area contributed by atoms with Crippen LogP contribution in [0.2, 0.25) is 0 Å². The highest BCUT2D eigenvalue weighted by Gasteiger charge is 2.35. The van der Waals surface area contributed by atoms with Crippen molar-refractivity contribution in [3.63, 3.8) is 0 Å². The van der Waals surface area contributed by atoms with Crippen LogP contribution in [0.25, 0.3) is 0 Å². The van der Waals surface area contributed by atoms with Crippen molar-refractivity contribution < 1.29 is 14.4 Å². The van der Waals surface area contributed by atoms with Crippen LogP contribution >= 0.6 is 0 Å². The van der Waals surface area contributed by atoms with Gasteiger partial charge in [-0.2, -0.15) is 0 Å². The first-order valence-electron chi connectivity index (χ1n) is 9.55. The molecule has 0 bridgehead atoms. The van der Waals surface area contributed by atoms with Crippen LogP contribution in [0.1, 0.15) is 70.9 Å². The van der Waals surface area contributed by atoms with E-state index in [1.807, 2.05) is 51.1 Å². The van der Waals surface area contributed by atoms with E-state index < -0.39 is 0 Å². The molecule has 1 unspecified atom stereocenters. The Hall–Kier alpha value is -2.89. The molecule has 1 heterocycles. The van der Waals surface area contributed by atoms with Gasteiger partial charge in [-0.25, -0.2) is 0 Å². The van der Waals surface area contributed by atoms with Crippen LogP contribution in [0, 0.1) is 12.3 Å². The van der Waals surface area contributed by atoms with Crippen molar-refractivity contribution in [1.82, 2.24) is 15.6 Å². The third-order valence-corrected chi connectivity index (χ3v) is 5.21. The molecule has 6 nitrogen and oxygen atoms in total. The number of hydrogen-bond donors (Lipinski definition) is 3. The summed E-state index contributed by atoms with van der Waals surface area (Å²) < 4.78 is 0. The molecule has 3 rings (SSSR count). The molecule has 0 fully saturated rings. The average molecular weight is 381 g/mol. The first kappa shape index (κ1) is 19.9. The van der Waals surface area contributed by atoms with E-state index >= 15 is 0 Å². The minimum Gasteiger partial charge on any atom is -0.354 e. The zero-order valence-electron chi connectivity index (χ0n) is 16.8. The van der Waals surface area contributed by atoms with Crippen LogP contribution in [0.5, 0.6) is 0 Å². The quantitative estimate of drug-likeness (QED) is 0.743. The summed E-state index contributed by atoms with van der Waals surface area (Å²) in [7, 11) is 0. The summed E-state index contributed by atoms with van der Waals surface area (Å²) in [6.45, 7) is 7.63. The van der Waals surface area contributed by atoms with E-state index in [-0.39, 0.29) is 35.6 Å². The average Bonchev–Trinajstić information content (AvgIpc) is 2.95. The van der Waals surface area contributed by atoms with Gasteiger partial charge in [-0.15, -0.1) is 0 Å². The molecule has 0 spiro atoms. The first-order valence-corrected chi connectivity index (χ1v) is 9.55. The van der Waals surface area contributed by atoms with Crippen molar-refractivity contribution in [1.29, 1.82) is 0 Å². The lowest BCUT2D eigenvalue weighted by Gasteiger charge is -2.28. The summed E-state index contributed by atoms with van der Waals surface area (Å²) >= 11 is 0. The van der Waals surface area contributed by atoms with Crippen LogP contribution in [0.15, 0.2) is 30.3 Å². The minimum absolute atomic E-state index is 0.0634. The summed E-state index contributed by atoms with van der Waals surface area (Å²) in [5, 5.41) is 5.51. The fourth-order valence-electron chi connectivity index (χ4n) is 3.83. The Balaban J connectivity index is 1.63. The maximum absolute atomic E-state index is 12.6. The highest BCUT2D eigenvalue weighted by Crippen LogP contribution is 2.36. The van der Waals surface area contributed by atoms with Crippen LogP contribution in [0.4, 0.5) is 0 Å². The Bertz CT molecular complexity index is 913. The summed E-state index contributed by atoms with van der Waals surface area (Å²) in [5.41, 5.74) is 3.34. The molecule has 6 heteroatoms. The van der Waals surface area contributed by atoms with Crippen LogP contribution in [-0.2, 0) is 11.2 Å². The van der Waals surface area contributed by atoms with Gasteiger partial charge in [0.2, 0.25) is 5.91 Å². The molecule has 1 aromatic heterocycles. The van der Waals surface area contributed by atoms with E-state index in [1.54, 1.807) is 6.92 Å². The number of carbonyl (C=O) groups excluding carboxylic acids is 3. The molecule has 148 valence electrons. The number of rotatable bonds is 5.